The minimum absolute atomic E-state index is 0.164. The average molecular weight is 380 g/mol. The van der Waals surface area contributed by atoms with Crippen molar-refractivity contribution in [3.63, 3.8) is 0 Å². The number of nitrogens with zero attached hydrogens (tertiary/aromatic N) is 1. The van der Waals surface area contributed by atoms with Gasteiger partial charge in [0, 0.05) is 21.9 Å². The monoisotopic (exact) mass is 380 g/mol. The predicted octanol–water partition coefficient (Wildman–Crippen LogP) is 5.93. The van der Waals surface area contributed by atoms with Crippen molar-refractivity contribution in [1.82, 2.24) is 4.98 Å². The Kier molecular flexibility index (Phi) is 4.60. The Morgan fingerprint density at radius 3 is 2.50 bits per heavy atom. The summed E-state index contributed by atoms with van der Waals surface area (Å²) in [6.45, 7) is 0. The minimum atomic E-state index is -0.299. The Bertz CT molecular complexity index is 1060. The van der Waals surface area contributed by atoms with E-state index in [1.54, 1.807) is 29.6 Å². The number of hydrogen-bond donors (Lipinski definition) is 1. The third kappa shape index (κ3) is 3.29. The third-order valence-electron chi connectivity index (χ3n) is 3.84. The fourth-order valence-electron chi connectivity index (χ4n) is 2.56. The lowest BCUT2D eigenvalue weighted by Crippen LogP contribution is -2.11. The summed E-state index contributed by atoms with van der Waals surface area (Å²) in [6.07, 6.45) is 0. The van der Waals surface area contributed by atoms with Crippen LogP contribution >= 0.6 is 22.7 Å². The van der Waals surface area contributed by atoms with Gasteiger partial charge in [-0.15, -0.1) is 11.3 Å². The molecule has 0 atom stereocenters. The van der Waals surface area contributed by atoms with Crippen LogP contribution in [0.1, 0.15) is 10.4 Å². The highest BCUT2D eigenvalue weighted by atomic mass is 32.1. The molecule has 2 aromatic heterocycles. The lowest BCUT2D eigenvalue weighted by molar-refractivity contribution is 0.102. The number of thiazole rings is 1. The van der Waals surface area contributed by atoms with Crippen molar-refractivity contribution in [2.75, 3.05) is 5.32 Å². The molecule has 0 saturated carbocycles. The van der Waals surface area contributed by atoms with Gasteiger partial charge in [-0.25, -0.2) is 9.37 Å². The number of carbonyl (C=O) groups excluding carboxylic acids is 1. The van der Waals surface area contributed by atoms with Crippen molar-refractivity contribution in [3.05, 3.63) is 82.1 Å². The molecule has 2 aromatic carbocycles. The van der Waals surface area contributed by atoms with Crippen LogP contribution in [0, 0.1) is 5.82 Å². The Balaban J connectivity index is 1.67. The Hall–Kier alpha value is -2.83. The van der Waals surface area contributed by atoms with Gasteiger partial charge in [-0.1, -0.05) is 30.3 Å². The van der Waals surface area contributed by atoms with E-state index in [4.69, 9.17) is 0 Å². The number of aromatic nitrogens is 1. The topological polar surface area (TPSA) is 42.0 Å². The fourth-order valence-corrected chi connectivity index (χ4v) is 4.04. The molecule has 3 nitrogen and oxygen atoms in total. The van der Waals surface area contributed by atoms with Crippen LogP contribution in [-0.2, 0) is 0 Å². The Labute approximate surface area is 157 Å². The van der Waals surface area contributed by atoms with Crippen molar-refractivity contribution in [2.24, 2.45) is 0 Å². The first-order valence-electron chi connectivity index (χ1n) is 7.86. The van der Waals surface area contributed by atoms with E-state index in [0.717, 1.165) is 5.56 Å². The summed E-state index contributed by atoms with van der Waals surface area (Å²) >= 11 is 2.85. The number of carbonyl (C=O) groups is 1. The van der Waals surface area contributed by atoms with E-state index in [2.05, 4.69) is 10.3 Å². The second-order valence-corrected chi connectivity index (χ2v) is 7.17. The van der Waals surface area contributed by atoms with Crippen molar-refractivity contribution in [1.29, 1.82) is 0 Å². The summed E-state index contributed by atoms with van der Waals surface area (Å²) in [4.78, 5) is 16.9. The molecule has 0 bridgehead atoms. The number of benzene rings is 2. The number of nitrogens with one attached hydrogen (secondary N) is 1. The quantitative estimate of drug-likeness (QED) is 0.477. The molecule has 1 amide bonds. The van der Waals surface area contributed by atoms with E-state index in [1.165, 1.54) is 28.7 Å². The van der Waals surface area contributed by atoms with Crippen LogP contribution in [-0.4, -0.2) is 10.9 Å². The van der Waals surface area contributed by atoms with E-state index in [0.29, 0.717) is 27.5 Å². The number of hydrogen-bond acceptors (Lipinski definition) is 4. The Morgan fingerprint density at radius 2 is 1.73 bits per heavy atom. The molecule has 26 heavy (non-hydrogen) atoms. The number of halogens is 1. The molecule has 0 fully saturated rings. The molecular weight excluding hydrogens is 367 g/mol. The van der Waals surface area contributed by atoms with Gasteiger partial charge in [-0.05, 0) is 29.6 Å². The molecule has 0 spiro atoms. The smallest absolute Gasteiger partial charge is 0.256 e. The van der Waals surface area contributed by atoms with E-state index in [1.807, 2.05) is 35.0 Å². The lowest BCUT2D eigenvalue weighted by Gasteiger charge is -2.08. The number of rotatable bonds is 4. The lowest BCUT2D eigenvalue weighted by atomic mass is 10.1. The van der Waals surface area contributed by atoms with Gasteiger partial charge >= 0.3 is 0 Å². The van der Waals surface area contributed by atoms with Gasteiger partial charge in [0.15, 0.2) is 0 Å². The third-order valence-corrected chi connectivity index (χ3v) is 5.40. The largest absolute Gasteiger partial charge is 0.321 e. The molecule has 2 heterocycles. The van der Waals surface area contributed by atoms with E-state index in [-0.39, 0.29) is 11.7 Å². The molecule has 0 radical (unpaired) electrons. The molecule has 0 unspecified atom stereocenters. The highest BCUT2D eigenvalue weighted by molar-refractivity contribution is 7.13. The molecule has 0 aliphatic heterocycles. The van der Waals surface area contributed by atoms with Gasteiger partial charge < -0.3 is 5.32 Å². The van der Waals surface area contributed by atoms with Gasteiger partial charge in [0.05, 0.1) is 16.9 Å². The van der Waals surface area contributed by atoms with Crippen molar-refractivity contribution < 1.29 is 9.18 Å². The average Bonchev–Trinajstić information content (AvgIpc) is 3.35. The van der Waals surface area contributed by atoms with Gasteiger partial charge in [0.25, 0.3) is 5.91 Å². The molecular formula is C20H13FN2OS2. The first-order valence-corrected chi connectivity index (χ1v) is 9.68. The second-order valence-electron chi connectivity index (χ2n) is 5.53. The molecule has 0 saturated heterocycles. The zero-order valence-corrected chi connectivity index (χ0v) is 15.1. The van der Waals surface area contributed by atoms with Crippen LogP contribution in [0.4, 0.5) is 10.1 Å². The second kappa shape index (κ2) is 7.19. The molecule has 1 N–H and O–H groups in total. The zero-order valence-electron chi connectivity index (χ0n) is 13.5. The van der Waals surface area contributed by atoms with E-state index >= 15 is 0 Å². The Morgan fingerprint density at radius 1 is 0.962 bits per heavy atom. The molecule has 4 aromatic rings. The van der Waals surface area contributed by atoms with Gasteiger partial charge in [-0.3, -0.25) is 4.79 Å². The van der Waals surface area contributed by atoms with Crippen LogP contribution in [0.3, 0.4) is 0 Å². The molecule has 0 aliphatic carbocycles. The van der Waals surface area contributed by atoms with E-state index in [9.17, 15) is 9.18 Å². The minimum Gasteiger partial charge on any atom is -0.321 e. The van der Waals surface area contributed by atoms with Gasteiger partial charge in [0.1, 0.15) is 10.8 Å². The zero-order chi connectivity index (χ0) is 17.9. The molecule has 6 heteroatoms. The first kappa shape index (κ1) is 16.6. The summed E-state index contributed by atoms with van der Waals surface area (Å²) in [6, 6.07) is 15.8. The summed E-state index contributed by atoms with van der Waals surface area (Å²) in [5.41, 5.74) is 3.28. The van der Waals surface area contributed by atoms with Crippen LogP contribution in [0.2, 0.25) is 0 Å². The van der Waals surface area contributed by atoms with Gasteiger partial charge in [0.2, 0.25) is 0 Å². The summed E-state index contributed by atoms with van der Waals surface area (Å²) < 4.78 is 14.0. The first-order chi connectivity index (χ1) is 12.7. The summed E-state index contributed by atoms with van der Waals surface area (Å²) in [7, 11) is 0. The molecule has 4 rings (SSSR count). The van der Waals surface area contributed by atoms with Gasteiger partial charge in [-0.2, -0.15) is 11.3 Å². The molecule has 128 valence electrons. The van der Waals surface area contributed by atoms with E-state index < -0.39 is 0 Å². The number of para-hydroxylation sites is 1. The van der Waals surface area contributed by atoms with Crippen LogP contribution in [0.15, 0.2) is 70.7 Å². The summed E-state index contributed by atoms with van der Waals surface area (Å²) in [5, 5.41) is 9.08. The van der Waals surface area contributed by atoms with Crippen molar-refractivity contribution in [2.45, 2.75) is 0 Å². The number of anilines is 1. The fraction of sp³-hybridized carbons (Fsp3) is 0. The molecule has 0 aliphatic rings. The maximum Gasteiger partial charge on any atom is 0.256 e. The highest BCUT2D eigenvalue weighted by Crippen LogP contribution is 2.33. The standard InChI is InChI=1S/C20H13FN2OS2/c21-16-7-3-1-5-14(16)20-23-18(12-26-20)15-6-2-4-8-17(15)22-19(24)13-9-10-25-11-13/h1-12H,(H,22,24). The maximum absolute atomic E-state index is 14.0. The predicted molar refractivity (Wildman–Crippen MR) is 105 cm³/mol. The van der Waals surface area contributed by atoms with Crippen molar-refractivity contribution >= 4 is 34.3 Å². The van der Waals surface area contributed by atoms with Crippen LogP contribution in [0.25, 0.3) is 21.8 Å². The van der Waals surface area contributed by atoms with Crippen LogP contribution < -0.4 is 5.32 Å². The maximum atomic E-state index is 14.0. The van der Waals surface area contributed by atoms with Crippen molar-refractivity contribution in [3.8, 4) is 21.8 Å². The normalized spacial score (nSPS) is 10.7. The highest BCUT2D eigenvalue weighted by Gasteiger charge is 2.14. The van der Waals surface area contributed by atoms with Crippen LogP contribution in [0.5, 0.6) is 0 Å². The SMILES string of the molecule is O=C(Nc1ccccc1-c1csc(-c2ccccc2F)n1)c1ccsc1. The summed E-state index contributed by atoms with van der Waals surface area (Å²) in [5.74, 6) is -0.462. The number of thiophene rings is 1. The number of amides is 1.